The standard InChI is InChI=1S/C20H21N3O/c1-4-18(14-19(5-1)23-11-10-21-15-23)22-9-2-3-16-6-7-20-17(13-16)8-12-24-20/h1,4-7,10-11,13-15,22H,2-3,8-9,12H2. The van der Waals surface area contributed by atoms with Gasteiger partial charge in [0.2, 0.25) is 0 Å². The first kappa shape index (κ1) is 14.8. The second kappa shape index (κ2) is 6.79. The summed E-state index contributed by atoms with van der Waals surface area (Å²) in [5.74, 6) is 1.06. The molecule has 4 nitrogen and oxygen atoms in total. The highest BCUT2D eigenvalue weighted by atomic mass is 16.5. The molecule has 0 radical (unpaired) electrons. The van der Waals surface area contributed by atoms with Crippen molar-refractivity contribution in [3.05, 3.63) is 72.3 Å². The average Bonchev–Trinajstić information content (AvgIpc) is 3.30. The number of nitrogens with zero attached hydrogens (tertiary/aromatic N) is 2. The third-order valence-electron chi connectivity index (χ3n) is 4.37. The van der Waals surface area contributed by atoms with Gasteiger partial charge in [-0.25, -0.2) is 4.98 Å². The second-order valence-electron chi connectivity index (χ2n) is 6.09. The van der Waals surface area contributed by atoms with Crippen LogP contribution in [0, 0.1) is 0 Å². The van der Waals surface area contributed by atoms with E-state index in [4.69, 9.17) is 4.74 Å². The molecule has 0 atom stereocenters. The van der Waals surface area contributed by atoms with Crippen molar-refractivity contribution in [2.24, 2.45) is 0 Å². The van der Waals surface area contributed by atoms with Crippen LogP contribution in [0.1, 0.15) is 17.5 Å². The molecule has 2 heterocycles. The van der Waals surface area contributed by atoms with Gasteiger partial charge in [-0.2, -0.15) is 0 Å². The Balaban J connectivity index is 1.31. The summed E-state index contributed by atoms with van der Waals surface area (Å²) < 4.78 is 7.57. The third-order valence-corrected chi connectivity index (χ3v) is 4.37. The van der Waals surface area contributed by atoms with Crippen molar-refractivity contribution in [2.45, 2.75) is 19.3 Å². The molecule has 1 aromatic heterocycles. The van der Waals surface area contributed by atoms with Gasteiger partial charge < -0.3 is 14.6 Å². The van der Waals surface area contributed by atoms with Crippen LogP contribution < -0.4 is 10.1 Å². The smallest absolute Gasteiger partial charge is 0.122 e. The van der Waals surface area contributed by atoms with Gasteiger partial charge in [0.05, 0.1) is 12.9 Å². The Kier molecular flexibility index (Phi) is 4.19. The summed E-state index contributed by atoms with van der Waals surface area (Å²) in [5, 5.41) is 3.51. The molecule has 0 saturated carbocycles. The minimum atomic E-state index is 0.827. The fourth-order valence-corrected chi connectivity index (χ4v) is 3.11. The van der Waals surface area contributed by atoms with Crippen molar-refractivity contribution in [1.82, 2.24) is 9.55 Å². The second-order valence-corrected chi connectivity index (χ2v) is 6.09. The molecule has 0 bridgehead atoms. The van der Waals surface area contributed by atoms with Crippen molar-refractivity contribution in [3.63, 3.8) is 0 Å². The Morgan fingerprint density at radius 1 is 1.17 bits per heavy atom. The van der Waals surface area contributed by atoms with Crippen LogP contribution in [-0.4, -0.2) is 22.7 Å². The van der Waals surface area contributed by atoms with Gasteiger partial charge in [0, 0.05) is 36.7 Å². The van der Waals surface area contributed by atoms with Crippen molar-refractivity contribution in [1.29, 1.82) is 0 Å². The predicted octanol–water partition coefficient (Wildman–Crippen LogP) is 3.85. The van der Waals surface area contributed by atoms with E-state index in [9.17, 15) is 0 Å². The summed E-state index contributed by atoms with van der Waals surface area (Å²) in [6.07, 6.45) is 8.80. The molecule has 0 saturated heterocycles. The number of fused-ring (bicyclic) bond motifs is 1. The monoisotopic (exact) mass is 319 g/mol. The van der Waals surface area contributed by atoms with Gasteiger partial charge in [-0.3, -0.25) is 0 Å². The first-order chi connectivity index (χ1) is 11.9. The maximum atomic E-state index is 5.56. The maximum absolute atomic E-state index is 5.56. The summed E-state index contributed by atoms with van der Waals surface area (Å²) in [4.78, 5) is 4.10. The van der Waals surface area contributed by atoms with Crippen LogP contribution in [0.5, 0.6) is 5.75 Å². The van der Waals surface area contributed by atoms with Crippen LogP contribution in [0.3, 0.4) is 0 Å². The Morgan fingerprint density at radius 2 is 2.17 bits per heavy atom. The molecule has 4 rings (SSSR count). The highest BCUT2D eigenvalue weighted by Gasteiger charge is 2.11. The van der Waals surface area contributed by atoms with Gasteiger partial charge >= 0.3 is 0 Å². The minimum absolute atomic E-state index is 0.827. The van der Waals surface area contributed by atoms with E-state index < -0.39 is 0 Å². The molecule has 0 aliphatic carbocycles. The van der Waals surface area contributed by atoms with E-state index in [1.165, 1.54) is 11.1 Å². The number of nitrogens with one attached hydrogen (secondary N) is 1. The van der Waals surface area contributed by atoms with Crippen LogP contribution in [0.15, 0.2) is 61.2 Å². The molecule has 0 unspecified atom stereocenters. The Labute approximate surface area is 142 Å². The molecular weight excluding hydrogens is 298 g/mol. The zero-order chi connectivity index (χ0) is 16.2. The Hall–Kier alpha value is -2.75. The van der Waals surface area contributed by atoms with E-state index in [1.54, 1.807) is 6.20 Å². The molecule has 122 valence electrons. The van der Waals surface area contributed by atoms with Gasteiger partial charge in [0.15, 0.2) is 0 Å². The molecule has 1 aliphatic heterocycles. The number of hydrogen-bond acceptors (Lipinski definition) is 3. The Bertz CT molecular complexity index is 812. The number of ether oxygens (including phenoxy) is 1. The van der Waals surface area contributed by atoms with Crippen molar-refractivity contribution in [2.75, 3.05) is 18.5 Å². The quantitative estimate of drug-likeness (QED) is 0.701. The Morgan fingerprint density at radius 3 is 3.08 bits per heavy atom. The molecule has 1 aliphatic rings. The van der Waals surface area contributed by atoms with Gasteiger partial charge in [-0.05, 0) is 48.2 Å². The lowest BCUT2D eigenvalue weighted by Gasteiger charge is -2.09. The van der Waals surface area contributed by atoms with E-state index in [2.05, 4.69) is 52.8 Å². The molecule has 0 amide bonds. The molecule has 2 aromatic carbocycles. The predicted molar refractivity (Wildman–Crippen MR) is 96.0 cm³/mol. The van der Waals surface area contributed by atoms with E-state index in [0.717, 1.165) is 49.5 Å². The van der Waals surface area contributed by atoms with Crippen molar-refractivity contribution < 1.29 is 4.74 Å². The average molecular weight is 319 g/mol. The maximum Gasteiger partial charge on any atom is 0.122 e. The van der Waals surface area contributed by atoms with Crippen LogP contribution in [0.4, 0.5) is 5.69 Å². The summed E-state index contributed by atoms with van der Waals surface area (Å²) in [7, 11) is 0. The number of imidazole rings is 1. The number of aromatic nitrogens is 2. The number of rotatable bonds is 6. The summed E-state index contributed by atoms with van der Waals surface area (Å²) >= 11 is 0. The van der Waals surface area contributed by atoms with Crippen LogP contribution in [-0.2, 0) is 12.8 Å². The molecule has 4 heteroatoms. The molecule has 0 spiro atoms. The molecule has 0 fully saturated rings. The van der Waals surface area contributed by atoms with E-state index in [0.29, 0.717) is 0 Å². The number of benzene rings is 2. The topological polar surface area (TPSA) is 39.1 Å². The molecular formula is C20H21N3O. The summed E-state index contributed by atoms with van der Waals surface area (Å²) in [6, 6.07) is 15.0. The zero-order valence-electron chi connectivity index (χ0n) is 13.6. The number of hydrogen-bond donors (Lipinski definition) is 1. The van der Waals surface area contributed by atoms with Gasteiger partial charge in [-0.15, -0.1) is 0 Å². The first-order valence-electron chi connectivity index (χ1n) is 8.45. The first-order valence-corrected chi connectivity index (χ1v) is 8.45. The lowest BCUT2D eigenvalue weighted by molar-refractivity contribution is 0.357. The molecule has 1 N–H and O–H groups in total. The molecule has 3 aromatic rings. The SMILES string of the molecule is c1cc(NCCCc2ccc3c(c2)CCO3)cc(-n2ccnc2)c1. The lowest BCUT2D eigenvalue weighted by atomic mass is 10.0. The highest BCUT2D eigenvalue weighted by Crippen LogP contribution is 2.26. The summed E-state index contributed by atoms with van der Waals surface area (Å²) in [6.45, 7) is 1.79. The van der Waals surface area contributed by atoms with E-state index in [1.807, 2.05) is 17.1 Å². The normalized spacial score (nSPS) is 12.7. The highest BCUT2D eigenvalue weighted by molar-refractivity contribution is 5.51. The number of anilines is 1. The molecule has 24 heavy (non-hydrogen) atoms. The van der Waals surface area contributed by atoms with Crippen molar-refractivity contribution in [3.8, 4) is 11.4 Å². The van der Waals surface area contributed by atoms with Crippen LogP contribution in [0.2, 0.25) is 0 Å². The van der Waals surface area contributed by atoms with Gasteiger partial charge in [-0.1, -0.05) is 18.2 Å². The fraction of sp³-hybridized carbons (Fsp3) is 0.250. The largest absolute Gasteiger partial charge is 0.493 e. The van der Waals surface area contributed by atoms with Crippen LogP contribution in [0.25, 0.3) is 5.69 Å². The number of aryl methyl sites for hydroxylation is 1. The lowest BCUT2D eigenvalue weighted by Crippen LogP contribution is -2.03. The minimum Gasteiger partial charge on any atom is -0.493 e. The van der Waals surface area contributed by atoms with Crippen LogP contribution >= 0.6 is 0 Å². The third kappa shape index (κ3) is 3.27. The van der Waals surface area contributed by atoms with Gasteiger partial charge in [0.25, 0.3) is 0 Å². The van der Waals surface area contributed by atoms with Crippen molar-refractivity contribution >= 4 is 5.69 Å². The van der Waals surface area contributed by atoms with E-state index >= 15 is 0 Å². The summed E-state index contributed by atoms with van der Waals surface area (Å²) in [5.41, 5.74) is 5.02. The zero-order valence-corrected chi connectivity index (χ0v) is 13.6. The van der Waals surface area contributed by atoms with Gasteiger partial charge in [0.1, 0.15) is 5.75 Å². The fourth-order valence-electron chi connectivity index (χ4n) is 3.11. The van der Waals surface area contributed by atoms with E-state index in [-0.39, 0.29) is 0 Å².